The van der Waals surface area contributed by atoms with E-state index in [9.17, 15) is 23.3 Å². The number of aryl methyl sites for hydroxylation is 1. The van der Waals surface area contributed by atoms with Gasteiger partial charge < -0.3 is 9.64 Å². The van der Waals surface area contributed by atoms with E-state index in [1.807, 2.05) is 32.9 Å². The Hall–Kier alpha value is -2.66. The first-order valence-corrected chi connectivity index (χ1v) is 11.4. The summed E-state index contributed by atoms with van der Waals surface area (Å²) >= 11 is 0. The Kier molecular flexibility index (Phi) is 7.57. The van der Waals surface area contributed by atoms with Crippen LogP contribution in [0.4, 0.5) is 0 Å². The van der Waals surface area contributed by atoms with Crippen molar-refractivity contribution in [3.63, 3.8) is 0 Å². The normalized spacial score (nSPS) is 19.2. The summed E-state index contributed by atoms with van der Waals surface area (Å²) in [5.74, 6) is -1.37. The second-order valence-electron chi connectivity index (χ2n) is 7.27. The van der Waals surface area contributed by atoms with Gasteiger partial charge in [0.1, 0.15) is 11.6 Å². The molecule has 0 aromatic heterocycles. The van der Waals surface area contributed by atoms with Crippen LogP contribution in [0.2, 0.25) is 0 Å². The maximum Gasteiger partial charge on any atom is 0.349 e. The van der Waals surface area contributed by atoms with Crippen LogP contribution in [0.25, 0.3) is 6.08 Å². The highest BCUT2D eigenvalue weighted by Crippen LogP contribution is 2.21. The van der Waals surface area contributed by atoms with E-state index >= 15 is 0 Å². The minimum atomic E-state index is -3.16. The fourth-order valence-corrected chi connectivity index (χ4v) is 4.96. The molecule has 1 amide bonds. The van der Waals surface area contributed by atoms with E-state index in [0.717, 1.165) is 5.56 Å². The van der Waals surface area contributed by atoms with E-state index in [0.29, 0.717) is 18.4 Å². The van der Waals surface area contributed by atoms with Crippen LogP contribution in [-0.4, -0.2) is 55.4 Å². The van der Waals surface area contributed by atoms with Crippen LogP contribution in [0, 0.1) is 18.3 Å². The van der Waals surface area contributed by atoms with Crippen molar-refractivity contribution in [3.8, 4) is 6.07 Å². The molecule has 0 saturated carbocycles. The van der Waals surface area contributed by atoms with Gasteiger partial charge in [-0.15, -0.1) is 0 Å². The van der Waals surface area contributed by atoms with Crippen molar-refractivity contribution in [1.82, 2.24) is 4.90 Å². The topological polar surface area (TPSA) is 105 Å². The zero-order valence-corrected chi connectivity index (χ0v) is 17.7. The van der Waals surface area contributed by atoms with Gasteiger partial charge in [-0.1, -0.05) is 36.8 Å². The quantitative estimate of drug-likeness (QED) is 0.382. The zero-order valence-electron chi connectivity index (χ0n) is 16.9. The number of carbonyl (C=O) groups excluding carboxylic acids is 2. The molecule has 2 rings (SSSR count). The summed E-state index contributed by atoms with van der Waals surface area (Å²) in [7, 11) is -3.16. The Balaban J connectivity index is 2.06. The molecule has 2 atom stereocenters. The second kappa shape index (κ2) is 9.70. The lowest BCUT2D eigenvalue weighted by Crippen LogP contribution is -2.48. The largest absolute Gasteiger partial charge is 0.451 e. The molecule has 0 unspecified atom stereocenters. The first kappa shape index (κ1) is 22.6. The molecule has 0 bridgehead atoms. The minimum absolute atomic E-state index is 0.0511. The van der Waals surface area contributed by atoms with Gasteiger partial charge in [0.05, 0.1) is 11.5 Å². The minimum Gasteiger partial charge on any atom is -0.451 e. The molecule has 0 aliphatic carbocycles. The number of hydrogen-bond donors (Lipinski definition) is 0. The van der Waals surface area contributed by atoms with Gasteiger partial charge in [-0.25, -0.2) is 13.2 Å². The highest BCUT2D eigenvalue weighted by molar-refractivity contribution is 7.91. The molecule has 0 radical (unpaired) electrons. The van der Waals surface area contributed by atoms with Crippen LogP contribution in [0.3, 0.4) is 0 Å². The first-order valence-electron chi connectivity index (χ1n) is 9.54. The molecule has 1 aliphatic heterocycles. The SMILES string of the molecule is CC[C@H](C)N(C(=O)COC(=O)/C(C#N)=C/c1ccc(C)cc1)[C@@H]1CCS(=O)(=O)C1. The fourth-order valence-electron chi connectivity index (χ4n) is 3.25. The average molecular weight is 419 g/mol. The van der Waals surface area contributed by atoms with Crippen molar-refractivity contribution in [2.75, 3.05) is 18.1 Å². The molecule has 29 heavy (non-hydrogen) atoms. The van der Waals surface area contributed by atoms with E-state index in [4.69, 9.17) is 4.74 Å². The van der Waals surface area contributed by atoms with E-state index < -0.39 is 34.4 Å². The lowest BCUT2D eigenvalue weighted by Gasteiger charge is -2.33. The number of rotatable bonds is 7. The van der Waals surface area contributed by atoms with Crippen molar-refractivity contribution in [3.05, 3.63) is 41.0 Å². The number of amides is 1. The van der Waals surface area contributed by atoms with Gasteiger partial charge in [-0.2, -0.15) is 5.26 Å². The number of sulfone groups is 1. The molecular formula is C21H26N2O5S. The van der Waals surface area contributed by atoms with Gasteiger partial charge in [0.2, 0.25) is 0 Å². The molecule has 1 fully saturated rings. The van der Waals surface area contributed by atoms with Gasteiger partial charge in [0.25, 0.3) is 5.91 Å². The third-order valence-electron chi connectivity index (χ3n) is 5.01. The predicted molar refractivity (Wildman–Crippen MR) is 109 cm³/mol. The fraction of sp³-hybridized carbons (Fsp3) is 0.476. The number of esters is 1. The highest BCUT2D eigenvalue weighted by Gasteiger charge is 2.36. The molecule has 1 saturated heterocycles. The summed E-state index contributed by atoms with van der Waals surface area (Å²) < 4.78 is 28.7. The monoisotopic (exact) mass is 418 g/mol. The van der Waals surface area contributed by atoms with Crippen LogP contribution < -0.4 is 0 Å². The van der Waals surface area contributed by atoms with E-state index in [1.165, 1.54) is 11.0 Å². The molecule has 1 heterocycles. The number of ether oxygens (including phenoxy) is 1. The maximum absolute atomic E-state index is 12.7. The molecule has 1 aromatic rings. The summed E-state index contributed by atoms with van der Waals surface area (Å²) in [6.07, 6.45) is 2.43. The number of hydrogen-bond acceptors (Lipinski definition) is 6. The van der Waals surface area contributed by atoms with Crippen LogP contribution in [0.15, 0.2) is 29.8 Å². The molecule has 8 heteroatoms. The molecule has 0 spiro atoms. The summed E-state index contributed by atoms with van der Waals surface area (Å²) in [6.45, 7) is 5.13. The predicted octanol–water partition coefficient (Wildman–Crippen LogP) is 2.26. The van der Waals surface area contributed by atoms with Crippen molar-refractivity contribution in [2.24, 2.45) is 0 Å². The van der Waals surface area contributed by atoms with E-state index in [2.05, 4.69) is 0 Å². The summed E-state index contributed by atoms with van der Waals surface area (Å²) in [5, 5.41) is 9.26. The Morgan fingerprint density at radius 1 is 1.34 bits per heavy atom. The van der Waals surface area contributed by atoms with Gasteiger partial charge in [0, 0.05) is 12.1 Å². The average Bonchev–Trinajstić information content (AvgIpc) is 3.04. The number of nitriles is 1. The zero-order chi connectivity index (χ0) is 21.6. The van der Waals surface area contributed by atoms with E-state index in [-0.39, 0.29) is 23.1 Å². The van der Waals surface area contributed by atoms with E-state index in [1.54, 1.807) is 18.2 Å². The van der Waals surface area contributed by atoms with Crippen molar-refractivity contribution >= 4 is 27.8 Å². The molecule has 1 aromatic carbocycles. The Labute approximate surface area is 171 Å². The summed E-state index contributed by atoms with van der Waals surface area (Å²) in [6, 6.07) is 8.46. The Morgan fingerprint density at radius 2 is 2.00 bits per heavy atom. The van der Waals surface area contributed by atoms with Gasteiger partial charge >= 0.3 is 5.97 Å². The van der Waals surface area contributed by atoms with Crippen LogP contribution in [0.5, 0.6) is 0 Å². The van der Waals surface area contributed by atoms with Crippen molar-refractivity contribution < 1.29 is 22.7 Å². The number of carbonyl (C=O) groups is 2. The highest BCUT2D eigenvalue weighted by atomic mass is 32.2. The lowest BCUT2D eigenvalue weighted by atomic mass is 10.1. The molecular weight excluding hydrogens is 392 g/mol. The third kappa shape index (κ3) is 6.16. The second-order valence-corrected chi connectivity index (χ2v) is 9.50. The summed E-state index contributed by atoms with van der Waals surface area (Å²) in [5.41, 5.74) is 1.51. The number of nitrogens with zero attached hydrogens (tertiary/aromatic N) is 2. The standard InChI is InChI=1S/C21H26N2O5S/c1-4-16(3)23(19-9-10-29(26,27)14-19)20(24)13-28-21(25)18(12-22)11-17-7-5-15(2)6-8-17/h5-8,11,16,19H,4,9-10,13-14H2,1-3H3/b18-11+/t16-,19+/m0/s1. The lowest BCUT2D eigenvalue weighted by molar-refractivity contribution is -0.150. The van der Waals surface area contributed by atoms with Gasteiger partial charge in [0.15, 0.2) is 16.4 Å². The molecule has 0 N–H and O–H groups in total. The maximum atomic E-state index is 12.7. The van der Waals surface area contributed by atoms with Crippen molar-refractivity contribution in [1.29, 1.82) is 5.26 Å². The van der Waals surface area contributed by atoms with Crippen LogP contribution >= 0.6 is 0 Å². The number of benzene rings is 1. The van der Waals surface area contributed by atoms with Crippen molar-refractivity contribution in [2.45, 2.75) is 45.7 Å². The Morgan fingerprint density at radius 3 is 2.52 bits per heavy atom. The van der Waals surface area contributed by atoms with Crippen LogP contribution in [-0.2, 0) is 24.2 Å². The Bertz CT molecular complexity index is 929. The first-order chi connectivity index (χ1) is 13.7. The molecule has 7 nitrogen and oxygen atoms in total. The van der Waals surface area contributed by atoms with Crippen LogP contribution in [0.1, 0.15) is 37.8 Å². The van der Waals surface area contributed by atoms with Gasteiger partial charge in [-0.05, 0) is 38.3 Å². The molecule has 156 valence electrons. The smallest absolute Gasteiger partial charge is 0.349 e. The molecule has 1 aliphatic rings. The summed E-state index contributed by atoms with van der Waals surface area (Å²) in [4.78, 5) is 26.5. The third-order valence-corrected chi connectivity index (χ3v) is 6.76. The van der Waals surface area contributed by atoms with Gasteiger partial charge in [-0.3, -0.25) is 4.79 Å².